The fourth-order valence-corrected chi connectivity index (χ4v) is 1.84. The smallest absolute Gasteiger partial charge is 0.212 e. The average molecular weight is 305 g/mol. The van der Waals surface area contributed by atoms with E-state index in [1.54, 1.807) is 60.7 Å². The van der Waals surface area contributed by atoms with Crippen LogP contribution >= 0.6 is 0 Å². The van der Waals surface area contributed by atoms with Gasteiger partial charge in [0.2, 0.25) is 5.78 Å². The topological polar surface area (TPSA) is 85.5 Å². The number of Topliss-reactive ketones (excluding diaryl/α,β-unsaturated/α-hetero) is 1. The predicted molar refractivity (Wildman–Crippen MR) is 89.0 cm³/mol. The third-order valence-electron chi connectivity index (χ3n) is 3.08. The highest BCUT2D eigenvalue weighted by molar-refractivity contribution is 6.48. The third-order valence-corrected chi connectivity index (χ3v) is 3.08. The van der Waals surface area contributed by atoms with Gasteiger partial charge in [0.25, 0.3) is 0 Å². The van der Waals surface area contributed by atoms with Crippen molar-refractivity contribution in [1.29, 1.82) is 5.26 Å². The molecule has 0 bridgehead atoms. The summed E-state index contributed by atoms with van der Waals surface area (Å²) in [5.41, 5.74) is 3.39. The Morgan fingerprint density at radius 3 is 2.26 bits per heavy atom. The van der Waals surface area contributed by atoms with Gasteiger partial charge >= 0.3 is 0 Å². The number of nitrogens with zero attached hydrogens (tertiary/aromatic N) is 2. The molecule has 0 aliphatic heterocycles. The van der Waals surface area contributed by atoms with E-state index in [1.165, 1.54) is 0 Å². The van der Waals surface area contributed by atoms with Crippen molar-refractivity contribution in [2.75, 3.05) is 5.43 Å². The molecule has 0 spiro atoms. The minimum atomic E-state index is -1.47. The molecule has 2 aromatic carbocycles. The maximum atomic E-state index is 12.5. The highest BCUT2D eigenvalue weighted by atomic mass is 16.3. The molecule has 0 aromatic heterocycles. The zero-order chi connectivity index (χ0) is 16.7. The quantitative estimate of drug-likeness (QED) is 0.372. The zero-order valence-electron chi connectivity index (χ0n) is 12.3. The van der Waals surface area contributed by atoms with Crippen molar-refractivity contribution >= 4 is 17.2 Å². The lowest BCUT2D eigenvalue weighted by atomic mass is 9.99. The van der Waals surface area contributed by atoms with E-state index in [0.717, 1.165) is 0 Å². The van der Waals surface area contributed by atoms with Gasteiger partial charge in [-0.3, -0.25) is 10.2 Å². The van der Waals surface area contributed by atoms with Crippen LogP contribution in [0.25, 0.3) is 0 Å². The van der Waals surface area contributed by atoms with E-state index < -0.39 is 11.9 Å². The molecule has 0 aliphatic carbocycles. The van der Waals surface area contributed by atoms with Crippen LogP contribution in [0, 0.1) is 11.3 Å². The highest BCUT2D eigenvalue weighted by Crippen LogP contribution is 2.11. The minimum Gasteiger partial charge on any atom is -0.381 e. The van der Waals surface area contributed by atoms with Gasteiger partial charge in [-0.2, -0.15) is 10.4 Å². The molecule has 0 aliphatic rings. The van der Waals surface area contributed by atoms with Crippen molar-refractivity contribution in [1.82, 2.24) is 0 Å². The first-order valence-corrected chi connectivity index (χ1v) is 6.89. The summed E-state index contributed by atoms with van der Waals surface area (Å²) in [5, 5.41) is 23.1. The lowest BCUT2D eigenvalue weighted by molar-refractivity contribution is 0.105. The van der Waals surface area contributed by atoms with Crippen LogP contribution in [0.4, 0.5) is 5.69 Å². The fraction of sp³-hybridized carbons (Fsp3) is 0.0556. The summed E-state index contributed by atoms with van der Waals surface area (Å²) in [5.74, 6) is -0.474. The van der Waals surface area contributed by atoms with Crippen molar-refractivity contribution in [2.45, 2.75) is 6.10 Å². The van der Waals surface area contributed by atoms with Gasteiger partial charge in [0.15, 0.2) is 0 Å². The number of carbonyl (C=O) groups excluding carboxylic acids is 1. The number of aliphatic hydroxyl groups is 1. The molecular weight excluding hydrogens is 290 g/mol. The zero-order valence-corrected chi connectivity index (χ0v) is 12.3. The SMILES string of the molecule is C=C(C#N)[C@H](O)/C(=N/Nc1ccccc1)C(=O)c1ccccc1. The number of anilines is 1. The Bertz CT molecular complexity index is 762. The number of nitriles is 1. The second-order valence-corrected chi connectivity index (χ2v) is 4.71. The standard InChI is InChI=1S/C18H15N3O2/c1-13(12-19)17(22)16(18(23)14-8-4-2-5-9-14)21-20-15-10-6-3-7-11-15/h2-11,17,20,22H,1H2/b21-16-/t17-/m0/s1. The number of hydrazone groups is 1. The lowest BCUT2D eigenvalue weighted by Crippen LogP contribution is -2.31. The second kappa shape index (κ2) is 7.69. The van der Waals surface area contributed by atoms with E-state index in [9.17, 15) is 9.90 Å². The first kappa shape index (κ1) is 16.1. The van der Waals surface area contributed by atoms with Gasteiger partial charge in [-0.25, -0.2) is 0 Å². The Labute approximate surface area is 134 Å². The number of ketones is 1. The van der Waals surface area contributed by atoms with Crippen molar-refractivity contribution in [3.8, 4) is 6.07 Å². The van der Waals surface area contributed by atoms with Crippen LogP contribution in [0.3, 0.4) is 0 Å². The van der Waals surface area contributed by atoms with Crippen LogP contribution in [0.15, 0.2) is 77.9 Å². The van der Waals surface area contributed by atoms with Crippen LogP contribution in [-0.4, -0.2) is 22.7 Å². The van der Waals surface area contributed by atoms with Crippen LogP contribution in [0.5, 0.6) is 0 Å². The maximum absolute atomic E-state index is 12.5. The second-order valence-electron chi connectivity index (χ2n) is 4.71. The largest absolute Gasteiger partial charge is 0.381 e. The number of para-hydroxylation sites is 1. The predicted octanol–water partition coefficient (Wildman–Crippen LogP) is 2.78. The molecular formula is C18H15N3O2. The number of benzene rings is 2. The molecule has 0 unspecified atom stereocenters. The van der Waals surface area contributed by atoms with E-state index in [1.807, 2.05) is 6.07 Å². The van der Waals surface area contributed by atoms with E-state index >= 15 is 0 Å². The molecule has 0 amide bonds. The van der Waals surface area contributed by atoms with Crippen LogP contribution in [0.2, 0.25) is 0 Å². The van der Waals surface area contributed by atoms with E-state index in [4.69, 9.17) is 5.26 Å². The number of carbonyl (C=O) groups is 1. The fourth-order valence-electron chi connectivity index (χ4n) is 1.84. The molecule has 23 heavy (non-hydrogen) atoms. The average Bonchev–Trinajstić information content (AvgIpc) is 2.62. The summed E-state index contributed by atoms with van der Waals surface area (Å²) in [7, 11) is 0. The van der Waals surface area contributed by atoms with Crippen LogP contribution in [-0.2, 0) is 0 Å². The Balaban J connectivity index is 2.34. The Hall–Kier alpha value is -3.23. The summed E-state index contributed by atoms with van der Waals surface area (Å²) in [6.07, 6.45) is -1.47. The van der Waals surface area contributed by atoms with Gasteiger partial charge in [-0.15, -0.1) is 0 Å². The summed E-state index contributed by atoms with van der Waals surface area (Å²) in [6.45, 7) is 3.45. The van der Waals surface area contributed by atoms with Crippen molar-refractivity contribution in [3.63, 3.8) is 0 Å². The van der Waals surface area contributed by atoms with Gasteiger partial charge in [0.05, 0.1) is 17.3 Å². The van der Waals surface area contributed by atoms with Crippen LogP contribution < -0.4 is 5.43 Å². The summed E-state index contributed by atoms with van der Waals surface area (Å²) >= 11 is 0. The highest BCUT2D eigenvalue weighted by Gasteiger charge is 2.24. The number of hydrogen-bond donors (Lipinski definition) is 2. The van der Waals surface area contributed by atoms with Gasteiger partial charge in [-0.05, 0) is 12.1 Å². The molecule has 0 saturated carbocycles. The van der Waals surface area contributed by atoms with Gasteiger partial charge in [0.1, 0.15) is 11.8 Å². The summed E-state index contributed by atoms with van der Waals surface area (Å²) < 4.78 is 0. The molecule has 0 fully saturated rings. The van der Waals surface area contributed by atoms with Crippen LogP contribution in [0.1, 0.15) is 10.4 Å². The van der Waals surface area contributed by atoms with Gasteiger partial charge in [0, 0.05) is 5.56 Å². The first-order valence-electron chi connectivity index (χ1n) is 6.89. The molecule has 0 saturated heterocycles. The summed E-state index contributed by atoms with van der Waals surface area (Å²) in [6, 6.07) is 19.2. The van der Waals surface area contributed by atoms with E-state index in [2.05, 4.69) is 17.1 Å². The third kappa shape index (κ3) is 4.13. The molecule has 114 valence electrons. The molecule has 2 aromatic rings. The number of aliphatic hydroxyl groups excluding tert-OH is 1. The molecule has 2 N–H and O–H groups in total. The molecule has 0 heterocycles. The Morgan fingerprint density at radius 2 is 1.70 bits per heavy atom. The molecule has 5 nitrogen and oxygen atoms in total. The van der Waals surface area contributed by atoms with E-state index in [-0.39, 0.29) is 11.3 Å². The summed E-state index contributed by atoms with van der Waals surface area (Å²) in [4.78, 5) is 12.5. The Kier molecular flexibility index (Phi) is 5.40. The molecule has 5 heteroatoms. The Morgan fingerprint density at radius 1 is 1.13 bits per heavy atom. The van der Waals surface area contributed by atoms with Gasteiger partial charge in [-0.1, -0.05) is 55.1 Å². The minimum absolute atomic E-state index is 0.150. The van der Waals surface area contributed by atoms with E-state index in [0.29, 0.717) is 11.3 Å². The lowest BCUT2D eigenvalue weighted by Gasteiger charge is -2.12. The first-order chi connectivity index (χ1) is 11.1. The number of rotatable bonds is 6. The number of hydrogen-bond acceptors (Lipinski definition) is 5. The normalized spacial score (nSPS) is 12.1. The molecule has 0 radical (unpaired) electrons. The van der Waals surface area contributed by atoms with Crippen molar-refractivity contribution in [3.05, 3.63) is 78.4 Å². The molecule has 1 atom stereocenters. The van der Waals surface area contributed by atoms with Crippen molar-refractivity contribution in [2.24, 2.45) is 5.10 Å². The molecule has 2 rings (SSSR count). The van der Waals surface area contributed by atoms with Gasteiger partial charge < -0.3 is 5.11 Å². The monoisotopic (exact) mass is 305 g/mol. The number of nitrogens with one attached hydrogen (secondary N) is 1. The van der Waals surface area contributed by atoms with Crippen molar-refractivity contribution < 1.29 is 9.90 Å². The maximum Gasteiger partial charge on any atom is 0.212 e.